The second kappa shape index (κ2) is 8.03. The zero-order valence-electron chi connectivity index (χ0n) is 13.1. The quantitative estimate of drug-likeness (QED) is 0.718. The molecule has 0 saturated heterocycles. The summed E-state index contributed by atoms with van der Waals surface area (Å²) in [4.78, 5) is 4.03. The van der Waals surface area contributed by atoms with Gasteiger partial charge in [-0.25, -0.2) is 0 Å². The summed E-state index contributed by atoms with van der Waals surface area (Å²) in [6.45, 7) is 12.3. The van der Waals surface area contributed by atoms with Crippen molar-refractivity contribution >= 4 is 11.3 Å². The Labute approximate surface area is 123 Å². The molecule has 0 radical (unpaired) electrons. The van der Waals surface area contributed by atoms with Gasteiger partial charge < -0.3 is 5.73 Å². The number of rotatable bonds is 8. The number of unbranched alkanes of at least 4 members (excludes halogenated alkanes) is 2. The Morgan fingerprint density at radius 1 is 1.26 bits per heavy atom. The van der Waals surface area contributed by atoms with E-state index in [1.54, 1.807) is 0 Å². The van der Waals surface area contributed by atoms with Gasteiger partial charge in [-0.15, -0.1) is 11.3 Å². The predicted molar refractivity (Wildman–Crippen MR) is 86.8 cm³/mol. The molecule has 110 valence electrons. The molecular formula is C16H30N2S. The highest BCUT2D eigenvalue weighted by molar-refractivity contribution is 7.10. The van der Waals surface area contributed by atoms with Gasteiger partial charge >= 0.3 is 0 Å². The molecule has 0 aliphatic rings. The number of hydrogen-bond acceptors (Lipinski definition) is 3. The minimum Gasteiger partial charge on any atom is -0.326 e. The van der Waals surface area contributed by atoms with E-state index in [4.69, 9.17) is 5.73 Å². The van der Waals surface area contributed by atoms with Crippen molar-refractivity contribution in [3.63, 3.8) is 0 Å². The third kappa shape index (κ3) is 4.59. The van der Waals surface area contributed by atoms with Crippen molar-refractivity contribution in [2.45, 2.75) is 72.0 Å². The first-order chi connectivity index (χ1) is 8.99. The van der Waals surface area contributed by atoms with Gasteiger partial charge in [-0.3, -0.25) is 4.90 Å². The molecule has 0 aromatic carbocycles. The van der Waals surface area contributed by atoms with Crippen molar-refractivity contribution in [3.05, 3.63) is 21.9 Å². The normalized spacial score (nSPS) is 15.2. The van der Waals surface area contributed by atoms with Gasteiger partial charge in [-0.1, -0.05) is 19.8 Å². The lowest BCUT2D eigenvalue weighted by atomic mass is 10.0. The van der Waals surface area contributed by atoms with Gasteiger partial charge in [-0.2, -0.15) is 0 Å². The zero-order chi connectivity index (χ0) is 14.4. The summed E-state index contributed by atoms with van der Waals surface area (Å²) in [5.74, 6) is 0. The number of nitrogens with zero attached hydrogens (tertiary/aromatic N) is 1. The molecule has 0 aliphatic carbocycles. The Morgan fingerprint density at radius 2 is 1.95 bits per heavy atom. The van der Waals surface area contributed by atoms with Crippen LogP contribution in [0.1, 0.15) is 63.4 Å². The molecule has 2 unspecified atom stereocenters. The van der Waals surface area contributed by atoms with E-state index in [9.17, 15) is 0 Å². The molecule has 0 bridgehead atoms. The number of thiophene rings is 1. The highest BCUT2D eigenvalue weighted by atomic mass is 32.1. The van der Waals surface area contributed by atoms with Crippen LogP contribution in [0.3, 0.4) is 0 Å². The molecule has 1 aromatic heterocycles. The Bertz CT molecular complexity index is 357. The van der Waals surface area contributed by atoms with Crippen LogP contribution in [-0.2, 0) is 0 Å². The van der Waals surface area contributed by atoms with Crippen molar-refractivity contribution in [1.29, 1.82) is 0 Å². The fourth-order valence-electron chi connectivity index (χ4n) is 2.64. The van der Waals surface area contributed by atoms with E-state index >= 15 is 0 Å². The second-order valence-corrected chi connectivity index (χ2v) is 6.76. The summed E-state index contributed by atoms with van der Waals surface area (Å²) in [6.07, 6.45) is 3.84. The summed E-state index contributed by atoms with van der Waals surface area (Å²) < 4.78 is 0. The van der Waals surface area contributed by atoms with E-state index in [-0.39, 0.29) is 6.04 Å². The minimum absolute atomic E-state index is 0.168. The smallest absolute Gasteiger partial charge is 0.0595 e. The van der Waals surface area contributed by atoms with Crippen LogP contribution in [0.15, 0.2) is 11.4 Å². The van der Waals surface area contributed by atoms with Gasteiger partial charge in [0.2, 0.25) is 0 Å². The highest BCUT2D eigenvalue weighted by Gasteiger charge is 2.27. The first kappa shape index (κ1) is 16.7. The van der Waals surface area contributed by atoms with E-state index in [2.05, 4.69) is 51.0 Å². The van der Waals surface area contributed by atoms with E-state index in [1.807, 2.05) is 11.3 Å². The largest absolute Gasteiger partial charge is 0.326 e. The molecule has 19 heavy (non-hydrogen) atoms. The summed E-state index contributed by atoms with van der Waals surface area (Å²) in [6, 6.07) is 3.27. The maximum absolute atomic E-state index is 6.30. The van der Waals surface area contributed by atoms with Crippen LogP contribution in [0.2, 0.25) is 0 Å². The summed E-state index contributed by atoms with van der Waals surface area (Å²) in [5.41, 5.74) is 7.69. The molecule has 3 heteroatoms. The molecule has 0 aliphatic heterocycles. The van der Waals surface area contributed by atoms with Crippen molar-refractivity contribution in [3.8, 4) is 0 Å². The Kier molecular flexibility index (Phi) is 7.05. The molecule has 2 nitrogen and oxygen atoms in total. The lowest BCUT2D eigenvalue weighted by Crippen LogP contribution is -2.43. The lowest BCUT2D eigenvalue weighted by molar-refractivity contribution is 0.135. The third-order valence-electron chi connectivity index (χ3n) is 3.71. The molecule has 1 aromatic rings. The summed E-state index contributed by atoms with van der Waals surface area (Å²) >= 11 is 1.85. The van der Waals surface area contributed by atoms with Crippen LogP contribution < -0.4 is 5.73 Å². The Morgan fingerprint density at radius 3 is 2.37 bits per heavy atom. The van der Waals surface area contributed by atoms with Gasteiger partial charge in [0.25, 0.3) is 0 Å². The SMILES string of the molecule is CCCCCN(C(C)C)C(c1sccc1C)C(C)N. The van der Waals surface area contributed by atoms with Crippen LogP contribution in [0.4, 0.5) is 0 Å². The molecule has 1 rings (SSSR count). The number of hydrogen-bond donors (Lipinski definition) is 1. The van der Waals surface area contributed by atoms with Crippen LogP contribution in [0.5, 0.6) is 0 Å². The van der Waals surface area contributed by atoms with Crippen molar-refractivity contribution in [2.75, 3.05) is 6.54 Å². The third-order valence-corrected chi connectivity index (χ3v) is 4.80. The Balaban J connectivity index is 2.90. The monoisotopic (exact) mass is 282 g/mol. The van der Waals surface area contributed by atoms with Gasteiger partial charge in [0.15, 0.2) is 0 Å². The number of nitrogens with two attached hydrogens (primary N) is 1. The molecule has 0 spiro atoms. The van der Waals surface area contributed by atoms with Crippen LogP contribution >= 0.6 is 11.3 Å². The summed E-state index contributed by atoms with van der Waals surface area (Å²) in [5, 5.41) is 2.19. The van der Waals surface area contributed by atoms with Crippen LogP contribution in [0, 0.1) is 6.92 Å². The van der Waals surface area contributed by atoms with E-state index in [0.717, 1.165) is 6.54 Å². The van der Waals surface area contributed by atoms with Gasteiger partial charge in [0, 0.05) is 17.0 Å². The topological polar surface area (TPSA) is 29.3 Å². The van der Waals surface area contributed by atoms with Crippen molar-refractivity contribution in [2.24, 2.45) is 5.73 Å². The molecule has 0 saturated carbocycles. The molecule has 2 N–H and O–H groups in total. The van der Waals surface area contributed by atoms with E-state index < -0.39 is 0 Å². The standard InChI is InChI=1S/C16H30N2S/c1-6-7-8-10-18(12(2)3)15(14(5)17)16-13(4)9-11-19-16/h9,11-12,14-15H,6-8,10,17H2,1-5H3. The van der Waals surface area contributed by atoms with Gasteiger partial charge in [0.05, 0.1) is 6.04 Å². The van der Waals surface area contributed by atoms with Gasteiger partial charge in [0.1, 0.15) is 0 Å². The fourth-order valence-corrected chi connectivity index (χ4v) is 3.80. The zero-order valence-corrected chi connectivity index (χ0v) is 14.0. The first-order valence-corrected chi connectivity index (χ1v) is 8.42. The second-order valence-electron chi connectivity index (χ2n) is 5.81. The molecule has 1 heterocycles. The molecule has 0 fully saturated rings. The van der Waals surface area contributed by atoms with Crippen molar-refractivity contribution in [1.82, 2.24) is 4.90 Å². The van der Waals surface area contributed by atoms with Crippen LogP contribution in [-0.4, -0.2) is 23.5 Å². The fraction of sp³-hybridized carbons (Fsp3) is 0.750. The Hall–Kier alpha value is -0.380. The van der Waals surface area contributed by atoms with E-state index in [1.165, 1.54) is 29.7 Å². The lowest BCUT2D eigenvalue weighted by Gasteiger charge is -2.37. The molecule has 0 amide bonds. The highest BCUT2D eigenvalue weighted by Crippen LogP contribution is 2.32. The predicted octanol–water partition coefficient (Wildman–Crippen LogP) is 4.35. The van der Waals surface area contributed by atoms with Crippen molar-refractivity contribution < 1.29 is 0 Å². The number of aryl methyl sites for hydroxylation is 1. The van der Waals surface area contributed by atoms with E-state index in [0.29, 0.717) is 12.1 Å². The average molecular weight is 282 g/mol. The molecule has 2 atom stereocenters. The first-order valence-electron chi connectivity index (χ1n) is 7.54. The minimum atomic E-state index is 0.168. The maximum Gasteiger partial charge on any atom is 0.0595 e. The molecular weight excluding hydrogens is 252 g/mol. The summed E-state index contributed by atoms with van der Waals surface area (Å²) in [7, 11) is 0. The maximum atomic E-state index is 6.30. The average Bonchev–Trinajstić information content (AvgIpc) is 2.73. The van der Waals surface area contributed by atoms with Gasteiger partial charge in [-0.05, 0) is 57.7 Å². The van der Waals surface area contributed by atoms with Crippen LogP contribution in [0.25, 0.3) is 0 Å².